The summed E-state index contributed by atoms with van der Waals surface area (Å²) in [6.07, 6.45) is 2.91. The van der Waals surface area contributed by atoms with Gasteiger partial charge in [0, 0.05) is 13.1 Å². The summed E-state index contributed by atoms with van der Waals surface area (Å²) in [5.74, 6) is -0.778. The van der Waals surface area contributed by atoms with Gasteiger partial charge >= 0.3 is 5.97 Å². The van der Waals surface area contributed by atoms with E-state index in [1.807, 2.05) is 13.8 Å². The van der Waals surface area contributed by atoms with Crippen LogP contribution in [-0.4, -0.2) is 32.6 Å². The van der Waals surface area contributed by atoms with Crippen LogP contribution in [0.3, 0.4) is 0 Å². The number of aliphatic carboxylic acids is 1. The lowest BCUT2D eigenvalue weighted by atomic mass is 9.82. The average Bonchev–Trinajstić information content (AvgIpc) is 3.03. The number of rotatable bonds is 8. The topological polar surface area (TPSA) is 80.0 Å². The first-order valence-corrected chi connectivity index (χ1v) is 8.48. The van der Waals surface area contributed by atoms with E-state index in [1.54, 1.807) is 29.1 Å². The van der Waals surface area contributed by atoms with Gasteiger partial charge in [0.15, 0.2) is 0 Å². The normalized spacial score (nSPS) is 11.7. The van der Waals surface area contributed by atoms with Crippen LogP contribution in [0.5, 0.6) is 0 Å². The van der Waals surface area contributed by atoms with E-state index in [0.717, 1.165) is 5.69 Å². The first kappa shape index (κ1) is 18.7. The van der Waals surface area contributed by atoms with Gasteiger partial charge in [-0.05, 0) is 31.0 Å². The zero-order valence-corrected chi connectivity index (χ0v) is 15.1. The summed E-state index contributed by atoms with van der Waals surface area (Å²) in [5.41, 5.74) is 0.720. The van der Waals surface area contributed by atoms with E-state index >= 15 is 0 Å². The summed E-state index contributed by atoms with van der Waals surface area (Å²) in [7, 11) is 0. The van der Waals surface area contributed by atoms with E-state index in [1.165, 1.54) is 0 Å². The first-order chi connectivity index (χ1) is 11.4. The molecule has 0 unspecified atom stereocenters. The number of hydrogen-bond acceptors (Lipinski definition) is 4. The van der Waals surface area contributed by atoms with Gasteiger partial charge in [0.25, 0.3) is 0 Å². The largest absolute Gasteiger partial charge is 0.481 e. The summed E-state index contributed by atoms with van der Waals surface area (Å²) in [6, 6.07) is 5.20. The lowest BCUT2D eigenvalue weighted by Crippen LogP contribution is -2.40. The molecule has 24 heavy (non-hydrogen) atoms. The third-order valence-corrected chi connectivity index (χ3v) is 5.02. The SMILES string of the molecule is CCC(CC)(CNCc1cn(-c2ccc(Cl)c(Cl)c2)nn1)C(=O)O. The van der Waals surface area contributed by atoms with Crippen molar-refractivity contribution < 1.29 is 9.90 Å². The zero-order valence-electron chi connectivity index (χ0n) is 13.6. The molecule has 2 rings (SSSR count). The van der Waals surface area contributed by atoms with Crippen LogP contribution in [0, 0.1) is 5.41 Å². The summed E-state index contributed by atoms with van der Waals surface area (Å²) >= 11 is 11.9. The maximum atomic E-state index is 11.5. The number of hydrogen-bond donors (Lipinski definition) is 2. The van der Waals surface area contributed by atoms with Gasteiger partial charge in [0.2, 0.25) is 0 Å². The second-order valence-corrected chi connectivity index (χ2v) is 6.46. The van der Waals surface area contributed by atoms with Gasteiger partial charge in [-0.1, -0.05) is 42.3 Å². The minimum atomic E-state index is -0.778. The minimum absolute atomic E-state index is 0.384. The van der Waals surface area contributed by atoms with Gasteiger partial charge < -0.3 is 10.4 Å². The highest BCUT2D eigenvalue weighted by Crippen LogP contribution is 2.26. The molecule has 0 radical (unpaired) electrons. The maximum absolute atomic E-state index is 11.5. The highest BCUT2D eigenvalue weighted by atomic mass is 35.5. The summed E-state index contributed by atoms with van der Waals surface area (Å²) < 4.78 is 1.60. The molecular formula is C16H20Cl2N4O2. The zero-order chi connectivity index (χ0) is 17.7. The van der Waals surface area contributed by atoms with E-state index in [2.05, 4.69) is 15.6 Å². The van der Waals surface area contributed by atoms with Crippen molar-refractivity contribution in [2.75, 3.05) is 6.54 Å². The molecule has 0 saturated heterocycles. The van der Waals surface area contributed by atoms with E-state index in [9.17, 15) is 9.90 Å². The van der Waals surface area contributed by atoms with E-state index < -0.39 is 11.4 Å². The Kier molecular flexibility index (Phi) is 6.21. The molecule has 0 fully saturated rings. The lowest BCUT2D eigenvalue weighted by molar-refractivity contribution is -0.149. The molecule has 6 nitrogen and oxygen atoms in total. The van der Waals surface area contributed by atoms with E-state index in [-0.39, 0.29) is 0 Å². The second kappa shape index (κ2) is 7.96. The average molecular weight is 371 g/mol. The number of nitrogens with zero attached hydrogens (tertiary/aromatic N) is 3. The predicted octanol–water partition coefficient (Wildman–Crippen LogP) is 3.55. The third kappa shape index (κ3) is 4.06. The summed E-state index contributed by atoms with van der Waals surface area (Å²) in [6.45, 7) is 4.60. The van der Waals surface area contributed by atoms with Crippen LogP contribution in [-0.2, 0) is 11.3 Å². The molecular weight excluding hydrogens is 351 g/mol. The molecule has 130 valence electrons. The Labute approximate surface area is 150 Å². The fourth-order valence-corrected chi connectivity index (χ4v) is 2.73. The monoisotopic (exact) mass is 370 g/mol. The Morgan fingerprint density at radius 3 is 2.58 bits per heavy atom. The molecule has 0 aliphatic heterocycles. The molecule has 0 amide bonds. The Balaban J connectivity index is 2.01. The smallest absolute Gasteiger partial charge is 0.310 e. The summed E-state index contributed by atoms with van der Waals surface area (Å²) in [4.78, 5) is 11.5. The number of carbonyl (C=O) groups is 1. The molecule has 2 N–H and O–H groups in total. The molecule has 1 aromatic carbocycles. The van der Waals surface area contributed by atoms with Gasteiger partial charge in [0.1, 0.15) is 0 Å². The van der Waals surface area contributed by atoms with Crippen LogP contribution in [0.1, 0.15) is 32.4 Å². The van der Waals surface area contributed by atoms with Crippen molar-refractivity contribution in [3.63, 3.8) is 0 Å². The van der Waals surface area contributed by atoms with Gasteiger partial charge in [-0.3, -0.25) is 4.79 Å². The number of carboxylic acid groups (broad SMARTS) is 1. The quantitative estimate of drug-likeness (QED) is 0.742. The van der Waals surface area contributed by atoms with Crippen molar-refractivity contribution >= 4 is 29.2 Å². The maximum Gasteiger partial charge on any atom is 0.310 e. The van der Waals surface area contributed by atoms with Crippen LogP contribution in [0.4, 0.5) is 0 Å². The van der Waals surface area contributed by atoms with Crippen LogP contribution < -0.4 is 5.32 Å². The van der Waals surface area contributed by atoms with Crippen molar-refractivity contribution in [1.82, 2.24) is 20.3 Å². The van der Waals surface area contributed by atoms with Crippen molar-refractivity contribution in [3.05, 3.63) is 40.1 Å². The standard InChI is InChI=1S/C16H20Cl2N4O2/c1-3-16(4-2,15(23)24)10-19-8-11-9-22(21-20-11)12-5-6-13(17)14(18)7-12/h5-7,9,19H,3-4,8,10H2,1-2H3,(H,23,24). The number of aromatic nitrogens is 3. The van der Waals surface area contributed by atoms with Gasteiger partial charge in [-0.25, -0.2) is 4.68 Å². The molecule has 0 bridgehead atoms. The lowest BCUT2D eigenvalue weighted by Gasteiger charge is -2.26. The number of halogens is 2. The molecule has 0 aliphatic carbocycles. The van der Waals surface area contributed by atoms with Crippen LogP contribution >= 0.6 is 23.2 Å². The highest BCUT2D eigenvalue weighted by Gasteiger charge is 2.34. The molecule has 1 aromatic heterocycles. The fourth-order valence-electron chi connectivity index (χ4n) is 2.44. The van der Waals surface area contributed by atoms with Crippen LogP contribution in [0.15, 0.2) is 24.4 Å². The van der Waals surface area contributed by atoms with E-state index in [0.29, 0.717) is 41.7 Å². The van der Waals surface area contributed by atoms with Crippen molar-refractivity contribution in [3.8, 4) is 5.69 Å². The van der Waals surface area contributed by atoms with Gasteiger partial charge in [-0.15, -0.1) is 5.10 Å². The minimum Gasteiger partial charge on any atom is -0.481 e. The fraction of sp³-hybridized carbons (Fsp3) is 0.438. The Hall–Kier alpha value is -1.63. The predicted molar refractivity (Wildman–Crippen MR) is 93.7 cm³/mol. The van der Waals surface area contributed by atoms with Gasteiger partial charge in [0.05, 0.1) is 33.0 Å². The number of benzene rings is 1. The molecule has 0 saturated carbocycles. The second-order valence-electron chi connectivity index (χ2n) is 5.65. The van der Waals surface area contributed by atoms with Gasteiger partial charge in [-0.2, -0.15) is 0 Å². The Morgan fingerprint density at radius 1 is 1.29 bits per heavy atom. The third-order valence-electron chi connectivity index (χ3n) is 4.29. The number of nitrogens with one attached hydrogen (secondary N) is 1. The summed E-state index contributed by atoms with van der Waals surface area (Å²) in [5, 5.41) is 21.7. The number of carboxylic acids is 1. The highest BCUT2D eigenvalue weighted by molar-refractivity contribution is 6.42. The van der Waals surface area contributed by atoms with Crippen LogP contribution in [0.25, 0.3) is 5.69 Å². The van der Waals surface area contributed by atoms with Crippen molar-refractivity contribution in [2.24, 2.45) is 5.41 Å². The van der Waals surface area contributed by atoms with E-state index in [4.69, 9.17) is 23.2 Å². The molecule has 0 spiro atoms. The van der Waals surface area contributed by atoms with Crippen molar-refractivity contribution in [1.29, 1.82) is 0 Å². The molecule has 2 aromatic rings. The first-order valence-electron chi connectivity index (χ1n) is 7.72. The molecule has 8 heteroatoms. The Morgan fingerprint density at radius 2 is 2.00 bits per heavy atom. The molecule has 0 atom stereocenters. The van der Waals surface area contributed by atoms with Crippen molar-refractivity contribution in [2.45, 2.75) is 33.2 Å². The molecule has 1 heterocycles. The Bertz CT molecular complexity index is 714. The molecule has 0 aliphatic rings. The van der Waals surface area contributed by atoms with Crippen LogP contribution in [0.2, 0.25) is 10.0 Å².